The van der Waals surface area contributed by atoms with Crippen molar-refractivity contribution in [2.75, 3.05) is 18.5 Å². The number of carbonyl (C=O) groups is 3. The lowest BCUT2D eigenvalue weighted by Gasteiger charge is -2.07. The largest absolute Gasteiger partial charge is 0.469 e. The van der Waals surface area contributed by atoms with E-state index in [1.165, 1.54) is 12.3 Å². The Hall–Kier alpha value is -3.09. The molecule has 1 amide bonds. The second kappa shape index (κ2) is 8.68. The first-order chi connectivity index (χ1) is 12.0. The topological polar surface area (TPSA) is 94.8 Å². The van der Waals surface area contributed by atoms with Gasteiger partial charge in [0.05, 0.1) is 18.4 Å². The highest BCUT2D eigenvalue weighted by atomic mass is 16.5. The van der Waals surface area contributed by atoms with Crippen LogP contribution in [0.15, 0.2) is 41.0 Å². The molecule has 0 aliphatic carbocycles. The van der Waals surface area contributed by atoms with E-state index in [0.29, 0.717) is 23.6 Å². The molecule has 132 valence electrons. The van der Waals surface area contributed by atoms with E-state index in [1.54, 1.807) is 31.2 Å². The fraction of sp³-hybridized carbons (Fsp3) is 0.278. The van der Waals surface area contributed by atoms with Crippen LogP contribution in [0.2, 0.25) is 0 Å². The van der Waals surface area contributed by atoms with Crippen molar-refractivity contribution in [1.29, 1.82) is 0 Å². The van der Waals surface area contributed by atoms with E-state index >= 15 is 0 Å². The Morgan fingerprint density at radius 2 is 1.76 bits per heavy atom. The van der Waals surface area contributed by atoms with E-state index in [2.05, 4.69) is 5.32 Å². The molecule has 0 radical (unpaired) electrons. The molecule has 1 aromatic carbocycles. The Bertz CT molecular complexity index is 747. The molecule has 7 heteroatoms. The minimum atomic E-state index is -0.629. The fourth-order valence-electron chi connectivity index (χ4n) is 1.97. The maximum atomic E-state index is 11.8. The van der Waals surface area contributed by atoms with E-state index in [9.17, 15) is 14.4 Å². The van der Waals surface area contributed by atoms with E-state index in [0.717, 1.165) is 6.42 Å². The molecule has 25 heavy (non-hydrogen) atoms. The normalized spacial score (nSPS) is 10.2. The van der Waals surface area contributed by atoms with Gasteiger partial charge in [0.15, 0.2) is 6.61 Å². The van der Waals surface area contributed by atoms with E-state index in [-0.39, 0.29) is 5.56 Å². The van der Waals surface area contributed by atoms with Gasteiger partial charge in [0.2, 0.25) is 0 Å². The zero-order chi connectivity index (χ0) is 18.2. The van der Waals surface area contributed by atoms with Crippen LogP contribution in [0.3, 0.4) is 0 Å². The van der Waals surface area contributed by atoms with Gasteiger partial charge < -0.3 is 19.2 Å². The minimum Gasteiger partial charge on any atom is -0.469 e. The van der Waals surface area contributed by atoms with Gasteiger partial charge in [0.1, 0.15) is 11.3 Å². The molecule has 0 saturated heterocycles. The molecule has 2 aromatic rings. The molecule has 7 nitrogen and oxygen atoms in total. The molecule has 0 bridgehead atoms. The average Bonchev–Trinajstić information content (AvgIpc) is 3.04. The van der Waals surface area contributed by atoms with Gasteiger partial charge in [-0.05, 0) is 43.7 Å². The molecule has 0 atom stereocenters. The highest BCUT2D eigenvalue weighted by molar-refractivity contribution is 5.96. The van der Waals surface area contributed by atoms with Crippen LogP contribution in [0.1, 0.15) is 39.8 Å². The molecule has 1 heterocycles. The molecule has 0 saturated carbocycles. The van der Waals surface area contributed by atoms with E-state index < -0.39 is 24.5 Å². The lowest BCUT2D eigenvalue weighted by Crippen LogP contribution is -2.21. The zero-order valence-electron chi connectivity index (χ0n) is 14.0. The van der Waals surface area contributed by atoms with Crippen molar-refractivity contribution < 1.29 is 28.3 Å². The zero-order valence-corrected chi connectivity index (χ0v) is 14.0. The molecule has 1 aromatic heterocycles. The quantitative estimate of drug-likeness (QED) is 0.775. The molecular weight excluding hydrogens is 326 g/mol. The van der Waals surface area contributed by atoms with Gasteiger partial charge in [-0.1, -0.05) is 6.92 Å². The second-order valence-corrected chi connectivity index (χ2v) is 5.23. The number of anilines is 1. The smallest absolute Gasteiger partial charge is 0.342 e. The number of esters is 2. The van der Waals surface area contributed by atoms with Crippen molar-refractivity contribution in [3.05, 3.63) is 53.5 Å². The molecule has 1 N–H and O–H groups in total. The van der Waals surface area contributed by atoms with Crippen molar-refractivity contribution in [1.82, 2.24) is 0 Å². The van der Waals surface area contributed by atoms with E-state index in [4.69, 9.17) is 13.9 Å². The summed E-state index contributed by atoms with van der Waals surface area (Å²) in [5, 5.41) is 2.57. The molecule has 0 aliphatic rings. The summed E-state index contributed by atoms with van der Waals surface area (Å²) >= 11 is 0. The van der Waals surface area contributed by atoms with Crippen molar-refractivity contribution >= 4 is 23.5 Å². The van der Waals surface area contributed by atoms with Crippen molar-refractivity contribution in [3.8, 4) is 0 Å². The number of ether oxygens (including phenoxy) is 2. The van der Waals surface area contributed by atoms with Gasteiger partial charge >= 0.3 is 11.9 Å². The first kappa shape index (κ1) is 18.3. The van der Waals surface area contributed by atoms with Crippen LogP contribution in [0, 0.1) is 6.92 Å². The molecule has 2 rings (SSSR count). The lowest BCUT2D eigenvalue weighted by molar-refractivity contribution is -0.119. The third kappa shape index (κ3) is 5.20. The monoisotopic (exact) mass is 345 g/mol. The number of hydrogen-bond acceptors (Lipinski definition) is 6. The third-order valence-electron chi connectivity index (χ3n) is 3.25. The Morgan fingerprint density at radius 3 is 2.36 bits per heavy atom. The van der Waals surface area contributed by atoms with Crippen LogP contribution < -0.4 is 5.32 Å². The Balaban J connectivity index is 1.83. The first-order valence-electron chi connectivity index (χ1n) is 7.79. The number of furan rings is 1. The van der Waals surface area contributed by atoms with Gasteiger partial charge in [0, 0.05) is 5.69 Å². The standard InChI is InChI=1S/C18H19NO6/c1-3-9-24-17(21)13-4-6-14(7-5-13)19-16(20)11-25-18(22)15-8-10-23-12(15)2/h4-8,10H,3,9,11H2,1-2H3,(H,19,20). The van der Waals surface area contributed by atoms with Crippen LogP contribution in [0.5, 0.6) is 0 Å². The highest BCUT2D eigenvalue weighted by Gasteiger charge is 2.15. The Kier molecular flexibility index (Phi) is 6.33. The van der Waals surface area contributed by atoms with Crippen molar-refractivity contribution in [2.45, 2.75) is 20.3 Å². The molecular formula is C18H19NO6. The number of rotatable bonds is 7. The molecule has 0 unspecified atom stereocenters. The summed E-state index contributed by atoms with van der Waals surface area (Å²) in [4.78, 5) is 35.3. The van der Waals surface area contributed by atoms with Crippen molar-refractivity contribution in [2.24, 2.45) is 0 Å². The minimum absolute atomic E-state index is 0.280. The number of benzene rings is 1. The van der Waals surface area contributed by atoms with Crippen molar-refractivity contribution in [3.63, 3.8) is 0 Å². The lowest BCUT2D eigenvalue weighted by atomic mass is 10.2. The number of hydrogen-bond donors (Lipinski definition) is 1. The summed E-state index contributed by atoms with van der Waals surface area (Å²) < 4.78 is 14.9. The predicted molar refractivity (Wildman–Crippen MR) is 89.4 cm³/mol. The number of aryl methyl sites for hydroxylation is 1. The van der Waals surface area contributed by atoms with Gasteiger partial charge in [0.25, 0.3) is 5.91 Å². The van der Waals surface area contributed by atoms with Crippen LogP contribution in [-0.4, -0.2) is 31.1 Å². The van der Waals surface area contributed by atoms with Crippen LogP contribution in [0.25, 0.3) is 0 Å². The second-order valence-electron chi connectivity index (χ2n) is 5.23. The summed E-state index contributed by atoms with van der Waals surface area (Å²) in [6, 6.07) is 7.72. The Morgan fingerprint density at radius 1 is 1.04 bits per heavy atom. The Labute approximate surface area is 144 Å². The molecule has 0 fully saturated rings. The van der Waals surface area contributed by atoms with Gasteiger partial charge in [-0.15, -0.1) is 0 Å². The fourth-order valence-corrected chi connectivity index (χ4v) is 1.97. The highest BCUT2D eigenvalue weighted by Crippen LogP contribution is 2.12. The SMILES string of the molecule is CCCOC(=O)c1ccc(NC(=O)COC(=O)c2ccoc2C)cc1. The van der Waals surface area contributed by atoms with Gasteiger partial charge in [-0.2, -0.15) is 0 Å². The predicted octanol–water partition coefficient (Wildman–Crippen LogP) is 2.95. The third-order valence-corrected chi connectivity index (χ3v) is 3.25. The maximum absolute atomic E-state index is 11.8. The molecule has 0 spiro atoms. The summed E-state index contributed by atoms with van der Waals surface area (Å²) in [6.07, 6.45) is 2.12. The van der Waals surface area contributed by atoms with Gasteiger partial charge in [-0.3, -0.25) is 4.79 Å². The number of carbonyl (C=O) groups excluding carboxylic acids is 3. The molecule has 0 aliphatic heterocycles. The summed E-state index contributed by atoms with van der Waals surface area (Å²) in [5.74, 6) is -1.11. The van der Waals surface area contributed by atoms with Gasteiger partial charge in [-0.25, -0.2) is 9.59 Å². The van der Waals surface area contributed by atoms with Crippen LogP contribution in [-0.2, 0) is 14.3 Å². The number of nitrogens with one attached hydrogen (secondary N) is 1. The first-order valence-corrected chi connectivity index (χ1v) is 7.79. The summed E-state index contributed by atoms with van der Waals surface area (Å²) in [6.45, 7) is 3.47. The average molecular weight is 345 g/mol. The van der Waals surface area contributed by atoms with Crippen LogP contribution in [0.4, 0.5) is 5.69 Å². The summed E-state index contributed by atoms with van der Waals surface area (Å²) in [7, 11) is 0. The summed E-state index contributed by atoms with van der Waals surface area (Å²) in [5.41, 5.74) is 1.16. The van der Waals surface area contributed by atoms with Crippen LogP contribution >= 0.6 is 0 Å². The number of amides is 1. The maximum Gasteiger partial charge on any atom is 0.342 e. The van der Waals surface area contributed by atoms with E-state index in [1.807, 2.05) is 6.92 Å².